The molecule has 0 fully saturated rings. The Balaban J connectivity index is 1.72. The highest BCUT2D eigenvalue weighted by Gasteiger charge is 2.20. The number of esters is 1. The number of carbonyl (C=O) groups is 3. The number of hydrogen-bond donors (Lipinski definition) is 2. The lowest BCUT2D eigenvalue weighted by Crippen LogP contribution is -2.40. The maximum absolute atomic E-state index is 11.8. The van der Waals surface area contributed by atoms with Gasteiger partial charge in [-0.1, -0.05) is 29.8 Å². The predicted molar refractivity (Wildman–Crippen MR) is 89.9 cm³/mol. The van der Waals surface area contributed by atoms with Crippen molar-refractivity contribution in [2.75, 3.05) is 6.61 Å². The average Bonchev–Trinajstić information content (AvgIpc) is 3.13. The molecule has 8 heteroatoms. The van der Waals surface area contributed by atoms with Crippen LogP contribution >= 0.6 is 11.6 Å². The maximum Gasteiger partial charge on any atom is 0.328 e. The fraction of sp³-hybridized carbons (Fsp3) is 0.235. The molecular formula is C17H17ClN2O5. The van der Waals surface area contributed by atoms with Crippen LogP contribution in [0, 0.1) is 0 Å². The third kappa shape index (κ3) is 5.65. The van der Waals surface area contributed by atoms with Gasteiger partial charge in [-0.15, -0.1) is 0 Å². The summed E-state index contributed by atoms with van der Waals surface area (Å²) in [6, 6.07) is 9.18. The van der Waals surface area contributed by atoms with Crippen molar-refractivity contribution in [2.45, 2.75) is 19.5 Å². The molecule has 1 heterocycles. The van der Waals surface area contributed by atoms with E-state index >= 15 is 0 Å². The van der Waals surface area contributed by atoms with Crippen LogP contribution in [0.25, 0.3) is 0 Å². The molecule has 0 saturated carbocycles. The van der Waals surface area contributed by atoms with Gasteiger partial charge in [-0.2, -0.15) is 0 Å². The Morgan fingerprint density at radius 2 is 1.96 bits per heavy atom. The lowest BCUT2D eigenvalue weighted by atomic mass is 10.2. The second kappa shape index (κ2) is 8.89. The van der Waals surface area contributed by atoms with Crippen molar-refractivity contribution >= 4 is 29.4 Å². The Morgan fingerprint density at radius 1 is 1.20 bits per heavy atom. The Kier molecular flexibility index (Phi) is 6.59. The summed E-state index contributed by atoms with van der Waals surface area (Å²) in [6.45, 7) is 1.22. The van der Waals surface area contributed by atoms with Crippen molar-refractivity contribution in [2.24, 2.45) is 0 Å². The molecule has 0 aliphatic rings. The molecule has 2 amide bonds. The van der Waals surface area contributed by atoms with E-state index in [1.165, 1.54) is 19.3 Å². The van der Waals surface area contributed by atoms with Crippen LogP contribution in [-0.2, 0) is 20.9 Å². The first-order chi connectivity index (χ1) is 12.0. The molecule has 0 unspecified atom stereocenters. The van der Waals surface area contributed by atoms with Crippen LogP contribution in [0.15, 0.2) is 47.1 Å². The summed E-state index contributed by atoms with van der Waals surface area (Å²) in [4.78, 5) is 35.3. The molecule has 0 spiro atoms. The van der Waals surface area contributed by atoms with E-state index in [4.69, 9.17) is 20.8 Å². The molecule has 2 rings (SSSR count). The number of ether oxygens (including phenoxy) is 1. The molecule has 0 bridgehead atoms. The molecule has 0 saturated heterocycles. The summed E-state index contributed by atoms with van der Waals surface area (Å²) in [5.41, 5.74) is 0.753. The zero-order chi connectivity index (χ0) is 18.2. The fourth-order valence-electron chi connectivity index (χ4n) is 1.88. The molecule has 1 atom stereocenters. The summed E-state index contributed by atoms with van der Waals surface area (Å²) < 4.78 is 9.79. The molecule has 7 nitrogen and oxygen atoms in total. The molecule has 2 N–H and O–H groups in total. The van der Waals surface area contributed by atoms with Gasteiger partial charge in [0.15, 0.2) is 12.4 Å². The molecule has 25 heavy (non-hydrogen) atoms. The van der Waals surface area contributed by atoms with Gasteiger partial charge in [0.1, 0.15) is 6.04 Å². The number of nitrogens with one attached hydrogen (secondary N) is 2. The molecular weight excluding hydrogens is 348 g/mol. The van der Waals surface area contributed by atoms with Crippen LogP contribution in [0.1, 0.15) is 23.0 Å². The van der Waals surface area contributed by atoms with Crippen LogP contribution in [0.5, 0.6) is 0 Å². The highest BCUT2D eigenvalue weighted by molar-refractivity contribution is 6.31. The monoisotopic (exact) mass is 364 g/mol. The average molecular weight is 365 g/mol. The minimum absolute atomic E-state index is 0.0807. The van der Waals surface area contributed by atoms with E-state index in [1.54, 1.807) is 30.3 Å². The second-order valence-corrected chi connectivity index (χ2v) is 5.56. The van der Waals surface area contributed by atoms with E-state index in [1.807, 2.05) is 0 Å². The SMILES string of the molecule is C[C@H](NC(=O)c1ccco1)C(=O)OCC(=O)NCc1ccccc1Cl. The number of rotatable bonds is 7. The van der Waals surface area contributed by atoms with Gasteiger partial charge in [0, 0.05) is 11.6 Å². The molecule has 1 aromatic heterocycles. The van der Waals surface area contributed by atoms with Gasteiger partial charge in [-0.05, 0) is 30.7 Å². The van der Waals surface area contributed by atoms with Gasteiger partial charge in [0.2, 0.25) is 0 Å². The second-order valence-electron chi connectivity index (χ2n) is 5.15. The molecule has 0 aliphatic heterocycles. The number of carbonyl (C=O) groups excluding carboxylic acids is 3. The van der Waals surface area contributed by atoms with Gasteiger partial charge in [-0.25, -0.2) is 4.79 Å². The highest BCUT2D eigenvalue weighted by atomic mass is 35.5. The minimum Gasteiger partial charge on any atom is -0.459 e. The summed E-state index contributed by atoms with van der Waals surface area (Å²) in [5, 5.41) is 5.55. The maximum atomic E-state index is 11.8. The zero-order valence-electron chi connectivity index (χ0n) is 13.5. The highest BCUT2D eigenvalue weighted by Crippen LogP contribution is 2.14. The van der Waals surface area contributed by atoms with Gasteiger partial charge in [0.25, 0.3) is 11.8 Å². The van der Waals surface area contributed by atoms with Gasteiger partial charge >= 0.3 is 5.97 Å². The quantitative estimate of drug-likeness (QED) is 0.731. The molecule has 2 aromatic rings. The van der Waals surface area contributed by atoms with Crippen LogP contribution < -0.4 is 10.6 Å². The van der Waals surface area contributed by atoms with Crippen LogP contribution in [0.4, 0.5) is 0 Å². The standard InChI is InChI=1S/C17H17ClN2O5/c1-11(20-16(22)14-7-4-8-24-14)17(23)25-10-15(21)19-9-12-5-2-3-6-13(12)18/h2-8,11H,9-10H2,1H3,(H,19,21)(H,20,22)/t11-/m0/s1. The van der Waals surface area contributed by atoms with Crippen LogP contribution in [0.3, 0.4) is 0 Å². The van der Waals surface area contributed by atoms with E-state index in [0.29, 0.717) is 5.02 Å². The zero-order valence-corrected chi connectivity index (χ0v) is 14.2. The molecule has 0 aliphatic carbocycles. The number of halogens is 1. The molecule has 132 valence electrons. The summed E-state index contributed by atoms with van der Waals surface area (Å²) >= 11 is 5.98. The number of benzene rings is 1. The van der Waals surface area contributed by atoms with Crippen molar-refractivity contribution in [1.82, 2.24) is 10.6 Å². The minimum atomic E-state index is -0.922. The van der Waals surface area contributed by atoms with Crippen LogP contribution in [0.2, 0.25) is 5.02 Å². The van der Waals surface area contributed by atoms with Crippen molar-refractivity contribution in [3.63, 3.8) is 0 Å². The topological polar surface area (TPSA) is 97.6 Å². The number of amides is 2. The largest absolute Gasteiger partial charge is 0.459 e. The fourth-order valence-corrected chi connectivity index (χ4v) is 2.09. The first-order valence-electron chi connectivity index (χ1n) is 7.48. The lowest BCUT2D eigenvalue weighted by molar-refractivity contribution is -0.150. The third-order valence-corrected chi connectivity index (χ3v) is 3.59. The number of hydrogen-bond acceptors (Lipinski definition) is 5. The van der Waals surface area contributed by atoms with E-state index in [2.05, 4.69) is 10.6 Å². The first kappa shape index (κ1) is 18.5. The Labute approximate surface area is 149 Å². The summed E-state index contributed by atoms with van der Waals surface area (Å²) in [5.74, 6) is -1.67. The van der Waals surface area contributed by atoms with Gasteiger partial charge in [-0.3, -0.25) is 9.59 Å². The Hall–Kier alpha value is -2.80. The van der Waals surface area contributed by atoms with Gasteiger partial charge in [0.05, 0.1) is 6.26 Å². The van der Waals surface area contributed by atoms with E-state index in [9.17, 15) is 14.4 Å². The summed E-state index contributed by atoms with van der Waals surface area (Å²) in [6.07, 6.45) is 1.35. The normalized spacial score (nSPS) is 11.4. The van der Waals surface area contributed by atoms with E-state index in [0.717, 1.165) is 5.56 Å². The lowest BCUT2D eigenvalue weighted by Gasteiger charge is -2.12. The van der Waals surface area contributed by atoms with Crippen LogP contribution in [-0.4, -0.2) is 30.4 Å². The predicted octanol–water partition coefficient (Wildman–Crippen LogP) is 1.91. The Morgan fingerprint density at radius 3 is 2.64 bits per heavy atom. The molecule has 0 radical (unpaired) electrons. The smallest absolute Gasteiger partial charge is 0.328 e. The first-order valence-corrected chi connectivity index (χ1v) is 7.86. The van der Waals surface area contributed by atoms with Gasteiger partial charge < -0.3 is 19.8 Å². The van der Waals surface area contributed by atoms with E-state index < -0.39 is 30.4 Å². The van der Waals surface area contributed by atoms with Crippen molar-refractivity contribution in [3.8, 4) is 0 Å². The van der Waals surface area contributed by atoms with Crippen molar-refractivity contribution in [1.29, 1.82) is 0 Å². The summed E-state index contributed by atoms with van der Waals surface area (Å²) in [7, 11) is 0. The van der Waals surface area contributed by atoms with E-state index in [-0.39, 0.29) is 12.3 Å². The van der Waals surface area contributed by atoms with Crippen molar-refractivity contribution in [3.05, 3.63) is 59.0 Å². The third-order valence-electron chi connectivity index (χ3n) is 3.23. The molecule has 1 aromatic carbocycles. The Bertz CT molecular complexity index is 745. The van der Waals surface area contributed by atoms with Crippen molar-refractivity contribution < 1.29 is 23.5 Å². The number of furan rings is 1.